The van der Waals surface area contributed by atoms with Crippen molar-refractivity contribution in [2.45, 2.75) is 64.5 Å². The molecule has 4 amide bonds. The number of carbonyl (C=O) groups excluding carboxylic acids is 4. The van der Waals surface area contributed by atoms with Gasteiger partial charge in [0.1, 0.15) is 23.9 Å². The van der Waals surface area contributed by atoms with Crippen LogP contribution in [0.4, 0.5) is 19.0 Å². The molecular weight excluding hydrogens is 543 g/mol. The van der Waals surface area contributed by atoms with E-state index in [1.165, 1.54) is 31.9 Å². The number of nitrogens with one attached hydrogen (secondary N) is 3. The number of nitrogens with zero attached hydrogens (tertiary/aromatic N) is 4. The summed E-state index contributed by atoms with van der Waals surface area (Å²) in [6.45, 7) is 4.98. The van der Waals surface area contributed by atoms with Crippen LogP contribution in [0.2, 0.25) is 0 Å². The maximum absolute atomic E-state index is 13.9. The van der Waals surface area contributed by atoms with Gasteiger partial charge in [-0.15, -0.1) is 0 Å². The molecule has 8 atom stereocenters. The average Bonchev–Trinajstić information content (AvgIpc) is 3.66. The number of allylic oxidation sites excluding steroid dienone is 2. The van der Waals surface area contributed by atoms with Crippen molar-refractivity contribution in [3.63, 3.8) is 0 Å². The standard InChI is InChI=1S/C27H32F3N7O4/c1-26(2,3)21(35-25(41)27(28,29)30)24(40)36-12-17-13-4-5-14(8-13)19(17)20(36)23(39)33-16(10-31)9-15-11-37-18(6-7-32-37)34-22(15)38/h4-7,13-17,19-21H,8-9,11-12H2,1-3H3,(H,33,39)(H,34,38)(H,35,41)/t13-,14+,15?,16+,17-,19+,20+,21-/m1/s1. The summed E-state index contributed by atoms with van der Waals surface area (Å²) in [4.78, 5) is 53.4. The minimum absolute atomic E-state index is 0.000345. The van der Waals surface area contributed by atoms with Crippen molar-refractivity contribution in [3.05, 3.63) is 24.4 Å². The Labute approximate surface area is 234 Å². The van der Waals surface area contributed by atoms with Gasteiger partial charge in [-0.25, -0.2) is 4.68 Å². The van der Waals surface area contributed by atoms with Crippen molar-refractivity contribution in [1.29, 1.82) is 5.26 Å². The highest BCUT2D eigenvalue weighted by Crippen LogP contribution is 2.54. The summed E-state index contributed by atoms with van der Waals surface area (Å²) in [6.07, 6.45) is 1.21. The first-order chi connectivity index (χ1) is 19.2. The number of alkyl halides is 3. The van der Waals surface area contributed by atoms with E-state index in [2.05, 4.69) is 15.7 Å². The molecule has 2 aliphatic heterocycles. The predicted molar refractivity (Wildman–Crippen MR) is 137 cm³/mol. The summed E-state index contributed by atoms with van der Waals surface area (Å²) >= 11 is 0. The van der Waals surface area contributed by atoms with Crippen LogP contribution in [0.15, 0.2) is 24.4 Å². The van der Waals surface area contributed by atoms with E-state index in [9.17, 15) is 37.6 Å². The lowest BCUT2D eigenvalue weighted by molar-refractivity contribution is -0.176. The fraction of sp³-hybridized carbons (Fsp3) is 0.630. The summed E-state index contributed by atoms with van der Waals surface area (Å²) in [7, 11) is 0. The first-order valence-electron chi connectivity index (χ1n) is 13.6. The Kier molecular flexibility index (Phi) is 7.11. The van der Waals surface area contributed by atoms with Crippen molar-refractivity contribution in [3.8, 4) is 6.07 Å². The molecule has 11 nitrogen and oxygen atoms in total. The number of likely N-dealkylation sites (tertiary alicyclic amines) is 1. The number of hydrogen-bond donors (Lipinski definition) is 3. The van der Waals surface area contributed by atoms with Crippen LogP contribution in [0.5, 0.6) is 0 Å². The molecule has 1 aromatic rings. The zero-order chi connectivity index (χ0) is 29.9. The van der Waals surface area contributed by atoms with Gasteiger partial charge < -0.3 is 20.9 Å². The molecule has 2 fully saturated rings. The fourth-order valence-electron chi connectivity index (χ4n) is 6.78. The van der Waals surface area contributed by atoms with Gasteiger partial charge in [-0.3, -0.25) is 19.2 Å². The molecule has 3 N–H and O–H groups in total. The number of anilines is 1. The number of rotatable bonds is 6. The molecule has 1 saturated carbocycles. The van der Waals surface area contributed by atoms with Gasteiger partial charge in [-0.2, -0.15) is 23.5 Å². The lowest BCUT2D eigenvalue weighted by atomic mass is 9.81. The SMILES string of the molecule is CC(C)(C)[C@H](NC(=O)C(F)(F)F)C(=O)N1C[C@H]2[C@@H]([C@H]1C(=O)N[C@H](C#N)CC1Cn3nccc3NC1=O)[C@H]1C=C[C@@H]2C1. The van der Waals surface area contributed by atoms with Gasteiger partial charge in [0.15, 0.2) is 0 Å². The van der Waals surface area contributed by atoms with Crippen molar-refractivity contribution < 1.29 is 32.3 Å². The zero-order valence-corrected chi connectivity index (χ0v) is 22.8. The van der Waals surface area contributed by atoms with Gasteiger partial charge in [-0.05, 0) is 41.9 Å². The lowest BCUT2D eigenvalue weighted by Crippen LogP contribution is -2.60. The maximum atomic E-state index is 13.9. The molecule has 1 saturated heterocycles. The Morgan fingerprint density at radius 1 is 1.17 bits per heavy atom. The Morgan fingerprint density at radius 2 is 1.88 bits per heavy atom. The van der Waals surface area contributed by atoms with Gasteiger partial charge in [-0.1, -0.05) is 32.9 Å². The van der Waals surface area contributed by atoms with Crippen LogP contribution in [0.3, 0.4) is 0 Å². The number of halogens is 3. The van der Waals surface area contributed by atoms with Crippen molar-refractivity contribution in [1.82, 2.24) is 25.3 Å². The minimum atomic E-state index is -5.19. The predicted octanol–water partition coefficient (Wildman–Crippen LogP) is 1.59. The third-order valence-electron chi connectivity index (χ3n) is 8.72. The van der Waals surface area contributed by atoms with Crippen molar-refractivity contribution in [2.75, 3.05) is 11.9 Å². The average molecular weight is 576 g/mol. The van der Waals surface area contributed by atoms with E-state index in [0.29, 0.717) is 5.82 Å². The molecule has 1 unspecified atom stereocenters. The Morgan fingerprint density at radius 3 is 2.54 bits per heavy atom. The highest BCUT2D eigenvalue weighted by molar-refractivity contribution is 5.95. The third kappa shape index (κ3) is 5.29. The van der Waals surface area contributed by atoms with Crippen LogP contribution >= 0.6 is 0 Å². The molecule has 14 heteroatoms. The largest absolute Gasteiger partial charge is 0.471 e. The van der Waals surface area contributed by atoms with Gasteiger partial charge in [0.2, 0.25) is 17.7 Å². The summed E-state index contributed by atoms with van der Waals surface area (Å²) in [5.74, 6) is -4.28. The fourth-order valence-corrected chi connectivity index (χ4v) is 6.78. The number of fused-ring (bicyclic) bond motifs is 6. The third-order valence-corrected chi connectivity index (χ3v) is 8.72. The highest BCUT2D eigenvalue weighted by atomic mass is 19.4. The summed E-state index contributed by atoms with van der Waals surface area (Å²) in [5, 5.41) is 21.3. The molecular formula is C27H32F3N7O4. The normalized spacial score (nSPS) is 29.7. The van der Waals surface area contributed by atoms with Gasteiger partial charge >= 0.3 is 12.1 Å². The minimum Gasteiger partial charge on any atom is -0.339 e. The quantitative estimate of drug-likeness (QED) is 0.439. The summed E-state index contributed by atoms with van der Waals surface area (Å²) < 4.78 is 41.0. The molecule has 5 rings (SSSR count). The van der Waals surface area contributed by atoms with Crippen LogP contribution in [0.1, 0.15) is 33.6 Å². The number of hydrogen-bond acceptors (Lipinski definition) is 6. The monoisotopic (exact) mass is 575 g/mol. The zero-order valence-electron chi connectivity index (χ0n) is 22.8. The number of amides is 4. The second-order valence-electron chi connectivity index (χ2n) is 12.4. The lowest BCUT2D eigenvalue weighted by Gasteiger charge is -2.37. The van der Waals surface area contributed by atoms with Crippen LogP contribution in [0.25, 0.3) is 0 Å². The second-order valence-corrected chi connectivity index (χ2v) is 12.4. The van der Waals surface area contributed by atoms with E-state index < -0.39 is 53.4 Å². The van der Waals surface area contributed by atoms with Crippen molar-refractivity contribution in [2.24, 2.45) is 35.0 Å². The topological polar surface area (TPSA) is 149 Å². The van der Waals surface area contributed by atoms with E-state index in [-0.39, 0.29) is 49.1 Å². The van der Waals surface area contributed by atoms with Gasteiger partial charge in [0.25, 0.3) is 0 Å². The van der Waals surface area contributed by atoms with Gasteiger partial charge in [0, 0.05) is 12.6 Å². The van der Waals surface area contributed by atoms with E-state index in [4.69, 9.17) is 0 Å². The molecule has 1 aromatic heterocycles. The molecule has 220 valence electrons. The van der Waals surface area contributed by atoms with Crippen LogP contribution < -0.4 is 16.0 Å². The molecule has 4 aliphatic rings. The van der Waals surface area contributed by atoms with Crippen LogP contribution in [-0.2, 0) is 25.7 Å². The second kappa shape index (κ2) is 10.2. The van der Waals surface area contributed by atoms with Gasteiger partial charge in [0.05, 0.1) is 24.7 Å². The van der Waals surface area contributed by atoms with Crippen molar-refractivity contribution >= 4 is 29.4 Å². The van der Waals surface area contributed by atoms with E-state index in [0.717, 1.165) is 6.42 Å². The molecule has 0 aromatic carbocycles. The molecule has 3 heterocycles. The molecule has 2 aliphatic carbocycles. The summed E-state index contributed by atoms with van der Waals surface area (Å²) in [5.41, 5.74) is -1.09. The Balaban J connectivity index is 1.37. The smallest absolute Gasteiger partial charge is 0.339 e. The van der Waals surface area contributed by atoms with E-state index >= 15 is 0 Å². The number of carbonyl (C=O) groups is 4. The highest BCUT2D eigenvalue weighted by Gasteiger charge is 2.59. The van der Waals surface area contributed by atoms with E-state index in [1.54, 1.807) is 10.7 Å². The summed E-state index contributed by atoms with van der Waals surface area (Å²) in [6, 6.07) is 0.0155. The van der Waals surface area contributed by atoms with Crippen LogP contribution in [-0.4, -0.2) is 69.2 Å². The first kappa shape index (κ1) is 28.6. The Bertz CT molecular complexity index is 1330. The number of aromatic nitrogens is 2. The van der Waals surface area contributed by atoms with Crippen LogP contribution in [0, 0.1) is 46.3 Å². The maximum Gasteiger partial charge on any atom is 0.471 e. The molecule has 0 spiro atoms. The molecule has 2 bridgehead atoms. The molecule has 41 heavy (non-hydrogen) atoms. The molecule has 0 radical (unpaired) electrons. The number of nitriles is 1. The van der Waals surface area contributed by atoms with E-state index in [1.807, 2.05) is 23.5 Å². The first-order valence-corrected chi connectivity index (χ1v) is 13.6. The Hall–Kier alpha value is -3.89.